The summed E-state index contributed by atoms with van der Waals surface area (Å²) in [6.45, 7) is 6.12. The Morgan fingerprint density at radius 2 is 1.86 bits per heavy atom. The van der Waals surface area contributed by atoms with Crippen molar-refractivity contribution in [2.24, 2.45) is 0 Å². The van der Waals surface area contributed by atoms with Gasteiger partial charge in [-0.3, -0.25) is 9.59 Å². The van der Waals surface area contributed by atoms with Gasteiger partial charge in [-0.25, -0.2) is 0 Å². The molecule has 0 aromatic heterocycles. The number of carbonyl (C=O) groups excluding carboxylic acids is 2. The second-order valence-corrected chi connectivity index (χ2v) is 5.69. The maximum Gasteiger partial charge on any atom is 0.325 e. The molecule has 0 aliphatic heterocycles. The number of esters is 1. The van der Waals surface area contributed by atoms with Gasteiger partial charge in [-0.05, 0) is 44.5 Å². The van der Waals surface area contributed by atoms with Crippen molar-refractivity contribution >= 4 is 27.8 Å². The normalized spacial score (nSPS) is 11.6. The Morgan fingerprint density at radius 1 is 1.23 bits per heavy atom. The van der Waals surface area contributed by atoms with E-state index in [0.717, 1.165) is 10.9 Å². The number of benzene rings is 1. The zero-order valence-corrected chi connectivity index (χ0v) is 14.8. The van der Waals surface area contributed by atoms with Crippen molar-refractivity contribution in [1.29, 1.82) is 0 Å². The lowest BCUT2D eigenvalue weighted by molar-refractivity contribution is -0.151. The second-order valence-electron chi connectivity index (χ2n) is 4.78. The van der Waals surface area contributed by atoms with E-state index in [4.69, 9.17) is 9.47 Å². The number of rotatable bonds is 8. The lowest BCUT2D eigenvalue weighted by atomic mass is 10.3. The summed E-state index contributed by atoms with van der Waals surface area (Å²) in [4.78, 5) is 25.5. The average molecular weight is 372 g/mol. The van der Waals surface area contributed by atoms with Crippen molar-refractivity contribution in [3.8, 4) is 5.75 Å². The molecule has 0 heterocycles. The first-order valence-electron chi connectivity index (χ1n) is 7.34. The van der Waals surface area contributed by atoms with E-state index >= 15 is 0 Å². The number of amides is 1. The zero-order chi connectivity index (χ0) is 16.5. The molecule has 1 amide bonds. The zero-order valence-electron chi connectivity index (χ0n) is 13.2. The topological polar surface area (TPSA) is 55.8 Å². The Kier molecular flexibility index (Phi) is 7.95. The highest BCUT2D eigenvalue weighted by Gasteiger charge is 2.24. The Labute approximate surface area is 139 Å². The second kappa shape index (κ2) is 9.46. The van der Waals surface area contributed by atoms with Gasteiger partial charge >= 0.3 is 5.97 Å². The Bertz CT molecular complexity index is 489. The van der Waals surface area contributed by atoms with E-state index in [-0.39, 0.29) is 12.5 Å². The summed E-state index contributed by atoms with van der Waals surface area (Å²) in [7, 11) is 0. The molecule has 0 radical (unpaired) electrons. The molecule has 1 aromatic rings. The van der Waals surface area contributed by atoms with Gasteiger partial charge in [-0.2, -0.15) is 0 Å². The molecule has 0 bridgehead atoms. The number of halogens is 1. The molecule has 1 aromatic carbocycles. The predicted molar refractivity (Wildman–Crippen MR) is 87.7 cm³/mol. The van der Waals surface area contributed by atoms with E-state index in [2.05, 4.69) is 15.9 Å². The van der Waals surface area contributed by atoms with Crippen LogP contribution in [0.4, 0.5) is 0 Å². The maximum absolute atomic E-state index is 12.4. The first kappa shape index (κ1) is 18.5. The molecule has 0 N–H and O–H groups in total. The fourth-order valence-electron chi connectivity index (χ4n) is 1.92. The van der Waals surface area contributed by atoms with Crippen LogP contribution in [-0.4, -0.2) is 42.6 Å². The molecular formula is C16H22BrNO4. The minimum Gasteiger partial charge on any atom is -0.481 e. The smallest absolute Gasteiger partial charge is 0.325 e. The van der Waals surface area contributed by atoms with Crippen molar-refractivity contribution in [2.45, 2.75) is 33.3 Å². The van der Waals surface area contributed by atoms with Crippen molar-refractivity contribution in [1.82, 2.24) is 4.90 Å². The van der Waals surface area contributed by atoms with Gasteiger partial charge in [0.2, 0.25) is 0 Å². The van der Waals surface area contributed by atoms with E-state index in [1.54, 1.807) is 26.0 Å². The van der Waals surface area contributed by atoms with Crippen molar-refractivity contribution in [3.05, 3.63) is 28.7 Å². The number of carbonyl (C=O) groups is 2. The van der Waals surface area contributed by atoms with Crippen molar-refractivity contribution < 1.29 is 19.1 Å². The third-order valence-corrected chi connectivity index (χ3v) is 3.43. The van der Waals surface area contributed by atoms with Gasteiger partial charge in [0.15, 0.2) is 6.10 Å². The summed E-state index contributed by atoms with van der Waals surface area (Å²) in [6, 6.07) is 7.25. The lowest BCUT2D eigenvalue weighted by Gasteiger charge is -2.25. The third kappa shape index (κ3) is 6.05. The SMILES string of the molecule is CCCN(CC(=O)OCC)C(=O)C(C)Oc1ccc(Br)cc1. The minimum absolute atomic E-state index is 0.0471. The summed E-state index contributed by atoms with van der Waals surface area (Å²) in [5, 5.41) is 0. The summed E-state index contributed by atoms with van der Waals surface area (Å²) >= 11 is 3.34. The van der Waals surface area contributed by atoms with Gasteiger partial charge in [-0.1, -0.05) is 22.9 Å². The average Bonchev–Trinajstić information content (AvgIpc) is 2.48. The van der Waals surface area contributed by atoms with Crippen LogP contribution >= 0.6 is 15.9 Å². The molecule has 0 aliphatic rings. The largest absolute Gasteiger partial charge is 0.481 e. The monoisotopic (exact) mass is 371 g/mol. The van der Waals surface area contributed by atoms with Crippen LogP contribution in [0.25, 0.3) is 0 Å². The van der Waals surface area contributed by atoms with Crippen LogP contribution in [-0.2, 0) is 14.3 Å². The number of hydrogen-bond donors (Lipinski definition) is 0. The lowest BCUT2D eigenvalue weighted by Crippen LogP contribution is -2.44. The Morgan fingerprint density at radius 3 is 2.41 bits per heavy atom. The van der Waals surface area contributed by atoms with Crippen LogP contribution < -0.4 is 4.74 Å². The van der Waals surface area contributed by atoms with E-state index in [0.29, 0.717) is 18.9 Å². The summed E-state index contributed by atoms with van der Waals surface area (Å²) < 4.78 is 11.5. The van der Waals surface area contributed by atoms with Crippen LogP contribution in [0.2, 0.25) is 0 Å². The number of ether oxygens (including phenoxy) is 2. The highest BCUT2D eigenvalue weighted by Crippen LogP contribution is 2.17. The molecule has 5 nitrogen and oxygen atoms in total. The summed E-state index contributed by atoms with van der Waals surface area (Å²) in [5.41, 5.74) is 0. The molecule has 0 saturated carbocycles. The molecule has 22 heavy (non-hydrogen) atoms. The fourth-order valence-corrected chi connectivity index (χ4v) is 2.19. The molecule has 122 valence electrons. The number of nitrogens with zero attached hydrogens (tertiary/aromatic N) is 1. The standard InChI is InChI=1S/C16H22BrNO4/c1-4-10-18(11-15(19)21-5-2)16(20)12(3)22-14-8-6-13(17)7-9-14/h6-9,12H,4-5,10-11H2,1-3H3. The van der Waals surface area contributed by atoms with E-state index in [1.807, 2.05) is 19.1 Å². The first-order chi connectivity index (χ1) is 10.5. The fraction of sp³-hybridized carbons (Fsp3) is 0.500. The van der Waals surface area contributed by atoms with Gasteiger partial charge in [0.1, 0.15) is 12.3 Å². The van der Waals surface area contributed by atoms with E-state index < -0.39 is 12.1 Å². The van der Waals surface area contributed by atoms with Gasteiger partial charge in [0, 0.05) is 11.0 Å². The van der Waals surface area contributed by atoms with Crippen molar-refractivity contribution in [2.75, 3.05) is 19.7 Å². The molecule has 0 saturated heterocycles. The van der Waals surface area contributed by atoms with Gasteiger partial charge in [-0.15, -0.1) is 0 Å². The highest BCUT2D eigenvalue weighted by molar-refractivity contribution is 9.10. The Balaban J connectivity index is 2.66. The summed E-state index contributed by atoms with van der Waals surface area (Å²) in [6.07, 6.45) is 0.0954. The molecule has 1 atom stereocenters. The molecule has 1 rings (SSSR count). The molecular weight excluding hydrogens is 350 g/mol. The van der Waals surface area contributed by atoms with Crippen LogP contribution in [0.3, 0.4) is 0 Å². The first-order valence-corrected chi connectivity index (χ1v) is 8.13. The van der Waals surface area contributed by atoms with Crippen LogP contribution in [0, 0.1) is 0 Å². The van der Waals surface area contributed by atoms with Crippen LogP contribution in [0.5, 0.6) is 5.75 Å². The predicted octanol–water partition coefficient (Wildman–Crippen LogP) is 3.02. The van der Waals surface area contributed by atoms with Crippen molar-refractivity contribution in [3.63, 3.8) is 0 Å². The quantitative estimate of drug-likeness (QED) is 0.659. The molecule has 0 spiro atoms. The minimum atomic E-state index is -0.665. The summed E-state index contributed by atoms with van der Waals surface area (Å²) in [5.74, 6) is -0.0189. The highest BCUT2D eigenvalue weighted by atomic mass is 79.9. The maximum atomic E-state index is 12.4. The third-order valence-electron chi connectivity index (χ3n) is 2.90. The van der Waals surface area contributed by atoms with Gasteiger partial charge in [0.25, 0.3) is 5.91 Å². The van der Waals surface area contributed by atoms with Gasteiger partial charge < -0.3 is 14.4 Å². The van der Waals surface area contributed by atoms with E-state index in [9.17, 15) is 9.59 Å². The van der Waals surface area contributed by atoms with Gasteiger partial charge in [0.05, 0.1) is 6.61 Å². The molecule has 6 heteroatoms. The van der Waals surface area contributed by atoms with E-state index in [1.165, 1.54) is 4.90 Å². The Hall–Kier alpha value is -1.56. The molecule has 1 unspecified atom stereocenters. The number of hydrogen-bond acceptors (Lipinski definition) is 4. The van der Waals surface area contributed by atoms with Crippen LogP contribution in [0.15, 0.2) is 28.7 Å². The molecule has 0 fully saturated rings. The molecule has 0 aliphatic carbocycles. The van der Waals surface area contributed by atoms with Crippen LogP contribution in [0.1, 0.15) is 27.2 Å².